The lowest BCUT2D eigenvalue weighted by Crippen LogP contribution is -2.45. The minimum atomic E-state index is -1.02. The van der Waals surface area contributed by atoms with Crippen molar-refractivity contribution in [2.75, 3.05) is 6.61 Å². The molecule has 0 radical (unpaired) electrons. The molecule has 4 rings (SSSR count). The quantitative estimate of drug-likeness (QED) is 0.651. The minimum absolute atomic E-state index is 0.0404. The third-order valence-corrected chi connectivity index (χ3v) is 4.73. The highest BCUT2D eigenvalue weighted by molar-refractivity contribution is 6.31. The highest BCUT2D eigenvalue weighted by Crippen LogP contribution is 2.40. The Bertz CT molecular complexity index is 889. The van der Waals surface area contributed by atoms with Crippen LogP contribution in [0.25, 0.3) is 0 Å². The van der Waals surface area contributed by atoms with E-state index in [1.54, 1.807) is 17.1 Å². The van der Waals surface area contributed by atoms with Gasteiger partial charge in [0.25, 0.3) is 0 Å². The van der Waals surface area contributed by atoms with Crippen LogP contribution in [0.5, 0.6) is 11.5 Å². The van der Waals surface area contributed by atoms with Crippen LogP contribution in [0.15, 0.2) is 61.2 Å². The van der Waals surface area contributed by atoms with Crippen LogP contribution >= 0.6 is 11.6 Å². The fourth-order valence-electron chi connectivity index (χ4n) is 3.14. The first kappa shape index (κ1) is 18.0. The standard InChI is InChI=1S/C20H20ClN3O3/c1-15-9-10-25-20(27-15,12-24-14-22-13-23-24)18-8-7-17(11-19(18)21)26-16-5-3-2-4-6-16/h2-8,11,13-15H,9-10,12H2,1H3. The predicted octanol–water partition coefficient (Wildman–Crippen LogP) is 4.40. The molecule has 0 bridgehead atoms. The van der Waals surface area contributed by atoms with Crippen LogP contribution in [0.4, 0.5) is 0 Å². The van der Waals surface area contributed by atoms with Gasteiger partial charge in [-0.3, -0.25) is 0 Å². The lowest BCUT2D eigenvalue weighted by atomic mass is 10.0. The monoisotopic (exact) mass is 385 g/mol. The maximum Gasteiger partial charge on any atom is 0.216 e. The molecule has 0 N–H and O–H groups in total. The Hall–Kier alpha value is -2.41. The zero-order valence-corrected chi connectivity index (χ0v) is 15.7. The van der Waals surface area contributed by atoms with Gasteiger partial charge in [0, 0.05) is 5.56 Å². The summed E-state index contributed by atoms with van der Waals surface area (Å²) in [7, 11) is 0. The van der Waals surface area contributed by atoms with E-state index in [1.807, 2.05) is 49.4 Å². The predicted molar refractivity (Wildman–Crippen MR) is 101 cm³/mol. The van der Waals surface area contributed by atoms with Crippen molar-refractivity contribution in [3.05, 3.63) is 71.8 Å². The molecule has 6 nitrogen and oxygen atoms in total. The zero-order valence-electron chi connectivity index (χ0n) is 14.9. The first-order chi connectivity index (χ1) is 13.1. The molecule has 0 aliphatic carbocycles. The molecular formula is C20H20ClN3O3. The summed E-state index contributed by atoms with van der Waals surface area (Å²) >= 11 is 6.62. The smallest absolute Gasteiger partial charge is 0.216 e. The summed E-state index contributed by atoms with van der Waals surface area (Å²) in [6.07, 6.45) is 3.98. The van der Waals surface area contributed by atoms with Gasteiger partial charge in [0.05, 0.1) is 17.7 Å². The second kappa shape index (κ2) is 7.68. The fraction of sp³-hybridized carbons (Fsp3) is 0.300. The van der Waals surface area contributed by atoms with E-state index in [4.69, 9.17) is 25.8 Å². The molecule has 1 aliphatic rings. The van der Waals surface area contributed by atoms with Crippen molar-refractivity contribution in [2.24, 2.45) is 0 Å². The molecule has 7 heteroatoms. The van der Waals surface area contributed by atoms with Crippen LogP contribution in [0.2, 0.25) is 5.02 Å². The number of aromatic nitrogens is 3. The number of ether oxygens (including phenoxy) is 3. The van der Waals surface area contributed by atoms with E-state index in [-0.39, 0.29) is 6.10 Å². The van der Waals surface area contributed by atoms with E-state index >= 15 is 0 Å². The van der Waals surface area contributed by atoms with Gasteiger partial charge in [0.2, 0.25) is 5.79 Å². The van der Waals surface area contributed by atoms with E-state index in [1.165, 1.54) is 6.33 Å². The summed E-state index contributed by atoms with van der Waals surface area (Å²) in [6, 6.07) is 15.1. The molecule has 0 saturated carbocycles. The van der Waals surface area contributed by atoms with Crippen molar-refractivity contribution >= 4 is 11.6 Å². The Morgan fingerprint density at radius 2 is 2.07 bits per heavy atom. The first-order valence-corrected chi connectivity index (χ1v) is 9.19. The molecule has 0 amide bonds. The van der Waals surface area contributed by atoms with Gasteiger partial charge < -0.3 is 14.2 Å². The summed E-state index contributed by atoms with van der Waals surface area (Å²) < 4.78 is 19.9. The molecule has 2 atom stereocenters. The Morgan fingerprint density at radius 3 is 2.78 bits per heavy atom. The maximum atomic E-state index is 6.62. The minimum Gasteiger partial charge on any atom is -0.457 e. The van der Waals surface area contributed by atoms with Crippen LogP contribution in [0, 0.1) is 0 Å². The third-order valence-electron chi connectivity index (χ3n) is 4.42. The molecule has 140 valence electrons. The van der Waals surface area contributed by atoms with Gasteiger partial charge in [-0.05, 0) is 43.7 Å². The summed E-state index contributed by atoms with van der Waals surface area (Å²) in [6.45, 7) is 2.96. The molecule has 1 aromatic heterocycles. The van der Waals surface area contributed by atoms with Crippen molar-refractivity contribution in [2.45, 2.75) is 31.8 Å². The van der Waals surface area contributed by atoms with E-state index in [0.717, 1.165) is 17.7 Å². The lowest BCUT2D eigenvalue weighted by molar-refractivity contribution is -0.306. The number of rotatable bonds is 5. The molecule has 1 saturated heterocycles. The average molecular weight is 386 g/mol. The van der Waals surface area contributed by atoms with Crippen LogP contribution in [-0.2, 0) is 21.8 Å². The van der Waals surface area contributed by atoms with Crippen LogP contribution in [0.1, 0.15) is 18.9 Å². The average Bonchev–Trinajstić information content (AvgIpc) is 3.15. The Morgan fingerprint density at radius 1 is 1.22 bits per heavy atom. The second-order valence-corrected chi connectivity index (χ2v) is 6.88. The van der Waals surface area contributed by atoms with Gasteiger partial charge >= 0.3 is 0 Å². The molecule has 1 fully saturated rings. The SMILES string of the molecule is CC1CCOC(Cn2cncn2)(c2ccc(Oc3ccccc3)cc2Cl)O1. The fourth-order valence-corrected chi connectivity index (χ4v) is 3.45. The van der Waals surface area contributed by atoms with Gasteiger partial charge in [0.15, 0.2) is 0 Å². The Balaban J connectivity index is 1.65. The topological polar surface area (TPSA) is 58.4 Å². The zero-order chi connectivity index (χ0) is 18.7. The molecule has 2 heterocycles. The highest BCUT2D eigenvalue weighted by atomic mass is 35.5. The normalized spacial score (nSPS) is 22.5. The molecule has 3 aromatic rings. The molecule has 0 spiro atoms. The summed E-state index contributed by atoms with van der Waals surface area (Å²) in [5, 5.41) is 4.70. The van der Waals surface area contributed by atoms with Crippen molar-refractivity contribution in [1.29, 1.82) is 0 Å². The summed E-state index contributed by atoms with van der Waals surface area (Å²) in [4.78, 5) is 4.00. The van der Waals surface area contributed by atoms with Gasteiger partial charge in [-0.25, -0.2) is 9.67 Å². The van der Waals surface area contributed by atoms with Gasteiger partial charge in [0.1, 0.15) is 30.7 Å². The summed E-state index contributed by atoms with van der Waals surface area (Å²) in [5.74, 6) is 0.375. The Kier molecular flexibility index (Phi) is 5.11. The van der Waals surface area contributed by atoms with Crippen molar-refractivity contribution < 1.29 is 14.2 Å². The number of para-hydroxylation sites is 1. The molecular weight excluding hydrogens is 366 g/mol. The number of hydrogen-bond acceptors (Lipinski definition) is 5. The number of halogens is 1. The second-order valence-electron chi connectivity index (χ2n) is 6.47. The van der Waals surface area contributed by atoms with Crippen molar-refractivity contribution in [3.63, 3.8) is 0 Å². The lowest BCUT2D eigenvalue weighted by Gasteiger charge is -2.40. The van der Waals surface area contributed by atoms with Crippen LogP contribution in [0.3, 0.4) is 0 Å². The molecule has 2 aromatic carbocycles. The van der Waals surface area contributed by atoms with Gasteiger partial charge in [-0.1, -0.05) is 29.8 Å². The van der Waals surface area contributed by atoms with Crippen molar-refractivity contribution in [1.82, 2.24) is 14.8 Å². The largest absolute Gasteiger partial charge is 0.457 e. The number of nitrogens with zero attached hydrogens (tertiary/aromatic N) is 3. The van der Waals surface area contributed by atoms with Crippen LogP contribution < -0.4 is 4.74 Å². The summed E-state index contributed by atoms with van der Waals surface area (Å²) in [5.41, 5.74) is 0.742. The Labute approximate surface area is 162 Å². The van der Waals surface area contributed by atoms with Gasteiger partial charge in [-0.2, -0.15) is 5.10 Å². The van der Waals surface area contributed by atoms with E-state index in [0.29, 0.717) is 23.9 Å². The molecule has 27 heavy (non-hydrogen) atoms. The maximum absolute atomic E-state index is 6.62. The van der Waals surface area contributed by atoms with Crippen LogP contribution in [-0.4, -0.2) is 27.5 Å². The van der Waals surface area contributed by atoms with E-state index in [2.05, 4.69) is 10.1 Å². The van der Waals surface area contributed by atoms with Gasteiger partial charge in [-0.15, -0.1) is 0 Å². The van der Waals surface area contributed by atoms with E-state index < -0.39 is 5.79 Å². The molecule has 1 aliphatic heterocycles. The third kappa shape index (κ3) is 3.98. The molecule has 2 unspecified atom stereocenters. The number of hydrogen-bond donors (Lipinski definition) is 0. The van der Waals surface area contributed by atoms with Crippen molar-refractivity contribution in [3.8, 4) is 11.5 Å². The number of benzene rings is 2. The highest BCUT2D eigenvalue weighted by Gasteiger charge is 2.41. The first-order valence-electron chi connectivity index (χ1n) is 8.82. The van der Waals surface area contributed by atoms with E-state index in [9.17, 15) is 0 Å².